The number of carboxylic acid groups (broad SMARTS) is 1. The van der Waals surface area contributed by atoms with E-state index in [1.807, 2.05) is 12.1 Å². The van der Waals surface area contributed by atoms with Crippen molar-refractivity contribution >= 4 is 28.6 Å². The van der Waals surface area contributed by atoms with Crippen molar-refractivity contribution in [1.29, 1.82) is 0 Å². The molecular formula is C28H21F3N4O4. The molecule has 1 atom stereocenters. The van der Waals surface area contributed by atoms with Gasteiger partial charge in [-0.2, -0.15) is 5.10 Å². The molecule has 0 bridgehead atoms. The smallest absolute Gasteiger partial charge is 0.481 e. The van der Waals surface area contributed by atoms with Crippen molar-refractivity contribution in [3.63, 3.8) is 0 Å². The third-order valence-electron chi connectivity index (χ3n) is 6.19. The van der Waals surface area contributed by atoms with Crippen molar-refractivity contribution in [2.45, 2.75) is 31.7 Å². The normalized spacial score (nSPS) is 15.3. The second-order valence-electron chi connectivity index (χ2n) is 8.86. The summed E-state index contributed by atoms with van der Waals surface area (Å²) in [5.41, 5.74) is 4.49. The molecule has 1 aromatic heterocycles. The Balaban J connectivity index is 1.47. The average molecular weight is 534 g/mol. The van der Waals surface area contributed by atoms with Crippen LogP contribution in [-0.2, 0) is 9.59 Å². The fourth-order valence-corrected chi connectivity index (χ4v) is 4.44. The van der Waals surface area contributed by atoms with Gasteiger partial charge in [0.2, 0.25) is 5.91 Å². The van der Waals surface area contributed by atoms with E-state index in [9.17, 15) is 22.8 Å². The minimum absolute atomic E-state index is 0.220. The number of nitrogens with zero attached hydrogens (tertiary/aromatic N) is 4. The van der Waals surface area contributed by atoms with Gasteiger partial charge >= 0.3 is 12.3 Å². The Bertz CT molecular complexity index is 1590. The van der Waals surface area contributed by atoms with E-state index in [4.69, 9.17) is 5.11 Å². The quantitative estimate of drug-likeness (QED) is 0.324. The number of ether oxygens (including phenoxy) is 1. The molecule has 0 fully saturated rings. The fourth-order valence-electron chi connectivity index (χ4n) is 4.44. The van der Waals surface area contributed by atoms with Gasteiger partial charge in [0.25, 0.3) is 0 Å². The summed E-state index contributed by atoms with van der Waals surface area (Å²) in [5, 5.41) is 14.9. The molecule has 1 N–H and O–H groups in total. The third-order valence-corrected chi connectivity index (χ3v) is 6.19. The maximum atomic E-state index is 13.0. The van der Waals surface area contributed by atoms with Crippen LogP contribution in [0.2, 0.25) is 0 Å². The molecule has 1 aliphatic heterocycles. The minimum atomic E-state index is -4.81. The molecule has 0 spiro atoms. The van der Waals surface area contributed by atoms with Gasteiger partial charge in [0.05, 0.1) is 29.2 Å². The number of fused-ring (bicyclic) bond motifs is 1. The zero-order valence-electron chi connectivity index (χ0n) is 20.3. The lowest BCUT2D eigenvalue weighted by Gasteiger charge is -2.22. The van der Waals surface area contributed by atoms with Crippen LogP contribution in [0.5, 0.6) is 5.75 Å². The Morgan fingerprint density at radius 2 is 1.59 bits per heavy atom. The summed E-state index contributed by atoms with van der Waals surface area (Å²) in [6.45, 7) is 0. The number of benzene rings is 3. The Labute approximate surface area is 220 Å². The van der Waals surface area contributed by atoms with E-state index >= 15 is 0 Å². The van der Waals surface area contributed by atoms with Crippen LogP contribution in [0, 0.1) is 0 Å². The predicted molar refractivity (Wildman–Crippen MR) is 136 cm³/mol. The summed E-state index contributed by atoms with van der Waals surface area (Å²) in [5.74, 6) is -1.86. The van der Waals surface area contributed by atoms with Crippen molar-refractivity contribution in [1.82, 2.24) is 15.0 Å². The summed E-state index contributed by atoms with van der Waals surface area (Å²) in [6.07, 6.45) is -1.87. The first-order valence-corrected chi connectivity index (χ1v) is 11.9. The van der Waals surface area contributed by atoms with Crippen LogP contribution in [-0.4, -0.2) is 44.0 Å². The number of carboxylic acids is 1. The second-order valence-corrected chi connectivity index (χ2v) is 8.86. The molecule has 1 aliphatic rings. The fraction of sp³-hybridized carbons (Fsp3) is 0.179. The van der Waals surface area contributed by atoms with Crippen molar-refractivity contribution in [3.05, 3.63) is 90.3 Å². The molecule has 11 heteroatoms. The lowest BCUT2D eigenvalue weighted by atomic mass is 9.95. The number of amides is 1. The van der Waals surface area contributed by atoms with Gasteiger partial charge in [-0.15, -0.1) is 13.2 Å². The number of alkyl halides is 3. The molecule has 0 aliphatic carbocycles. The Morgan fingerprint density at radius 1 is 0.897 bits per heavy atom. The highest BCUT2D eigenvalue weighted by atomic mass is 19.4. The molecule has 0 radical (unpaired) electrons. The van der Waals surface area contributed by atoms with Gasteiger partial charge in [-0.05, 0) is 52.6 Å². The van der Waals surface area contributed by atoms with Crippen LogP contribution in [0.15, 0.2) is 84.2 Å². The topological polar surface area (TPSA) is 105 Å². The van der Waals surface area contributed by atoms with E-state index in [1.54, 1.807) is 48.8 Å². The van der Waals surface area contributed by atoms with Crippen LogP contribution < -0.4 is 4.74 Å². The number of aromatic nitrogens is 2. The van der Waals surface area contributed by atoms with E-state index < -0.39 is 24.3 Å². The molecule has 0 saturated heterocycles. The van der Waals surface area contributed by atoms with Crippen LogP contribution >= 0.6 is 0 Å². The third kappa shape index (κ3) is 6.03. The average Bonchev–Trinajstić information content (AvgIpc) is 3.36. The van der Waals surface area contributed by atoms with E-state index in [0.29, 0.717) is 39.9 Å². The Kier molecular flexibility index (Phi) is 6.97. The molecule has 2 heterocycles. The van der Waals surface area contributed by atoms with Crippen molar-refractivity contribution in [2.24, 2.45) is 5.10 Å². The van der Waals surface area contributed by atoms with E-state index in [1.165, 1.54) is 23.2 Å². The number of carbonyl (C=O) groups is 2. The highest BCUT2D eigenvalue weighted by Gasteiger charge is 2.34. The minimum Gasteiger partial charge on any atom is -0.481 e. The summed E-state index contributed by atoms with van der Waals surface area (Å²) >= 11 is 0. The number of hydrazone groups is 1. The molecule has 5 rings (SSSR count). The Hall–Kier alpha value is -4.80. The van der Waals surface area contributed by atoms with Gasteiger partial charge in [-0.25, -0.2) is 5.01 Å². The van der Waals surface area contributed by atoms with E-state index in [-0.39, 0.29) is 18.6 Å². The maximum Gasteiger partial charge on any atom is 0.573 e. The molecule has 4 aromatic rings. The van der Waals surface area contributed by atoms with Crippen LogP contribution in [0.4, 0.5) is 13.2 Å². The summed E-state index contributed by atoms with van der Waals surface area (Å²) in [6, 6.07) is 17.7. The number of hydrogen-bond acceptors (Lipinski definition) is 6. The molecule has 39 heavy (non-hydrogen) atoms. The lowest BCUT2D eigenvalue weighted by Crippen LogP contribution is -2.27. The largest absolute Gasteiger partial charge is 0.573 e. The summed E-state index contributed by atoms with van der Waals surface area (Å²) in [7, 11) is 0. The standard InChI is InChI=1S/C28H21F3N4O4/c29-28(30,31)39-21-6-2-4-18(14-21)17-3-1-5-19(13-17)23-16-25(35(34-23)26(36)9-10-27(37)38)20-7-8-22-24(15-20)33-12-11-32-22/h1-8,11-15,25H,9-10,16H2,(H,37,38). The lowest BCUT2D eigenvalue weighted by molar-refractivity contribution is -0.274. The first-order chi connectivity index (χ1) is 18.7. The van der Waals surface area contributed by atoms with Gasteiger partial charge in [0, 0.05) is 25.2 Å². The number of rotatable bonds is 7. The maximum absolute atomic E-state index is 13.0. The van der Waals surface area contributed by atoms with Gasteiger partial charge in [0.1, 0.15) is 5.75 Å². The highest BCUT2D eigenvalue weighted by Crippen LogP contribution is 2.35. The predicted octanol–water partition coefficient (Wildman–Crippen LogP) is 5.74. The molecule has 0 saturated carbocycles. The van der Waals surface area contributed by atoms with Gasteiger partial charge in [-0.3, -0.25) is 19.6 Å². The molecule has 1 amide bonds. The van der Waals surface area contributed by atoms with Gasteiger partial charge < -0.3 is 9.84 Å². The van der Waals surface area contributed by atoms with Crippen LogP contribution in [0.3, 0.4) is 0 Å². The van der Waals surface area contributed by atoms with Crippen molar-refractivity contribution in [2.75, 3.05) is 0 Å². The first-order valence-electron chi connectivity index (χ1n) is 11.9. The van der Waals surface area contributed by atoms with Gasteiger partial charge in [-0.1, -0.05) is 36.4 Å². The molecular weight excluding hydrogens is 513 g/mol. The second kappa shape index (κ2) is 10.5. The molecule has 1 unspecified atom stereocenters. The van der Waals surface area contributed by atoms with E-state index in [0.717, 1.165) is 5.56 Å². The number of hydrogen-bond donors (Lipinski definition) is 1. The Morgan fingerprint density at radius 3 is 2.33 bits per heavy atom. The van der Waals surface area contributed by atoms with Crippen molar-refractivity contribution in [3.8, 4) is 16.9 Å². The first kappa shape index (κ1) is 25.8. The van der Waals surface area contributed by atoms with Crippen molar-refractivity contribution < 1.29 is 32.6 Å². The zero-order chi connectivity index (χ0) is 27.6. The molecule has 8 nitrogen and oxygen atoms in total. The molecule has 3 aromatic carbocycles. The SMILES string of the molecule is O=C(O)CCC(=O)N1N=C(c2cccc(-c3cccc(OC(F)(F)F)c3)c2)CC1c1ccc2nccnc2c1. The number of carbonyl (C=O) groups excluding carboxylic acids is 1. The van der Waals surface area contributed by atoms with Crippen LogP contribution in [0.1, 0.15) is 36.4 Å². The summed E-state index contributed by atoms with van der Waals surface area (Å²) < 4.78 is 42.1. The monoisotopic (exact) mass is 534 g/mol. The number of aliphatic carboxylic acids is 1. The van der Waals surface area contributed by atoms with Gasteiger partial charge in [0.15, 0.2) is 0 Å². The van der Waals surface area contributed by atoms with E-state index in [2.05, 4.69) is 19.8 Å². The number of halogens is 3. The highest BCUT2D eigenvalue weighted by molar-refractivity contribution is 6.04. The van der Waals surface area contributed by atoms with Crippen LogP contribution in [0.25, 0.3) is 22.2 Å². The molecule has 198 valence electrons. The summed E-state index contributed by atoms with van der Waals surface area (Å²) in [4.78, 5) is 32.7. The zero-order valence-corrected chi connectivity index (χ0v) is 20.3.